The highest BCUT2D eigenvalue weighted by molar-refractivity contribution is 7.92. The maximum absolute atomic E-state index is 12.8. The zero-order valence-corrected chi connectivity index (χ0v) is 18.5. The lowest BCUT2D eigenvalue weighted by atomic mass is 10.0. The monoisotopic (exact) mass is 469 g/mol. The van der Waals surface area contributed by atoms with Gasteiger partial charge in [-0.15, -0.1) is 0 Å². The Morgan fingerprint density at radius 1 is 1.03 bits per heavy atom. The number of piperidine rings is 1. The lowest BCUT2D eigenvalue weighted by molar-refractivity contribution is -0.119. The van der Waals surface area contributed by atoms with Gasteiger partial charge in [0.2, 0.25) is 5.91 Å². The summed E-state index contributed by atoms with van der Waals surface area (Å²) in [6.07, 6.45) is 1.35. The number of benzene rings is 2. The van der Waals surface area contributed by atoms with E-state index in [4.69, 9.17) is 23.2 Å². The van der Waals surface area contributed by atoms with Crippen molar-refractivity contribution < 1.29 is 18.0 Å². The first-order chi connectivity index (χ1) is 14.2. The Morgan fingerprint density at radius 2 is 1.73 bits per heavy atom. The second-order valence-corrected chi connectivity index (χ2v) is 9.53. The molecule has 0 radical (unpaired) electrons. The first-order valence-corrected chi connectivity index (χ1v) is 11.5. The standard InChI is InChI=1S/C20H21Cl2N3O4S/c1-13(26)23-15-7-9-25(10-8-15)20(27)14-3-2-4-16(11-14)24-30(28,29)17-5-6-18(21)19(22)12-17/h2-6,11-12,15,24H,7-10H2,1H3,(H,23,26). The lowest BCUT2D eigenvalue weighted by Crippen LogP contribution is -2.46. The third-order valence-corrected chi connectivity index (χ3v) is 6.87. The van der Waals surface area contributed by atoms with Crippen LogP contribution in [-0.2, 0) is 14.8 Å². The van der Waals surface area contributed by atoms with Crippen molar-refractivity contribution in [2.24, 2.45) is 0 Å². The normalized spacial score (nSPS) is 15.0. The van der Waals surface area contributed by atoms with Crippen molar-refractivity contribution in [3.05, 3.63) is 58.1 Å². The number of carbonyl (C=O) groups excluding carboxylic acids is 2. The summed E-state index contributed by atoms with van der Waals surface area (Å²) in [7, 11) is -3.90. The van der Waals surface area contributed by atoms with Gasteiger partial charge in [-0.05, 0) is 49.2 Å². The quantitative estimate of drug-likeness (QED) is 0.699. The van der Waals surface area contributed by atoms with Crippen LogP contribution in [0.1, 0.15) is 30.1 Å². The number of nitrogens with zero attached hydrogens (tertiary/aromatic N) is 1. The number of carbonyl (C=O) groups is 2. The van der Waals surface area contributed by atoms with Gasteiger partial charge in [0, 0.05) is 37.3 Å². The van der Waals surface area contributed by atoms with Gasteiger partial charge < -0.3 is 10.2 Å². The summed E-state index contributed by atoms with van der Waals surface area (Å²) in [5.41, 5.74) is 0.641. The van der Waals surface area contributed by atoms with Crippen LogP contribution in [0.5, 0.6) is 0 Å². The summed E-state index contributed by atoms with van der Waals surface area (Å²) in [6, 6.07) is 10.4. The van der Waals surface area contributed by atoms with E-state index >= 15 is 0 Å². The first kappa shape index (κ1) is 22.4. The fraction of sp³-hybridized carbons (Fsp3) is 0.300. The minimum atomic E-state index is -3.90. The third kappa shape index (κ3) is 5.44. The Hall–Kier alpha value is -2.29. The lowest BCUT2D eigenvalue weighted by Gasteiger charge is -2.32. The maximum Gasteiger partial charge on any atom is 0.261 e. The molecule has 1 heterocycles. The van der Waals surface area contributed by atoms with Crippen molar-refractivity contribution in [3.63, 3.8) is 0 Å². The highest BCUT2D eigenvalue weighted by Gasteiger charge is 2.24. The molecule has 0 unspecified atom stereocenters. The molecule has 2 amide bonds. The molecular formula is C20H21Cl2N3O4S. The zero-order chi connectivity index (χ0) is 21.9. The van der Waals surface area contributed by atoms with Crippen LogP contribution in [0.4, 0.5) is 5.69 Å². The summed E-state index contributed by atoms with van der Waals surface area (Å²) in [4.78, 5) is 25.7. The van der Waals surface area contributed by atoms with Crippen LogP contribution in [0, 0.1) is 0 Å². The van der Waals surface area contributed by atoms with Crippen molar-refractivity contribution in [1.82, 2.24) is 10.2 Å². The second kappa shape index (κ2) is 9.24. The molecule has 0 bridgehead atoms. The van der Waals surface area contributed by atoms with Gasteiger partial charge in [0.15, 0.2) is 0 Å². The second-order valence-electron chi connectivity index (χ2n) is 7.03. The van der Waals surface area contributed by atoms with E-state index in [0.717, 1.165) is 0 Å². The number of anilines is 1. The van der Waals surface area contributed by atoms with Crippen LogP contribution < -0.4 is 10.0 Å². The molecule has 0 saturated carbocycles. The van der Waals surface area contributed by atoms with Crippen molar-refractivity contribution in [2.75, 3.05) is 17.8 Å². The van der Waals surface area contributed by atoms with E-state index in [9.17, 15) is 18.0 Å². The highest BCUT2D eigenvalue weighted by Crippen LogP contribution is 2.26. The molecule has 1 aliphatic heterocycles. The van der Waals surface area contributed by atoms with Crippen molar-refractivity contribution >= 4 is 50.7 Å². The van der Waals surface area contributed by atoms with Gasteiger partial charge in [-0.3, -0.25) is 14.3 Å². The molecule has 0 aliphatic carbocycles. The molecule has 10 heteroatoms. The Balaban J connectivity index is 1.71. The van der Waals surface area contributed by atoms with Gasteiger partial charge in [-0.2, -0.15) is 0 Å². The summed E-state index contributed by atoms with van der Waals surface area (Å²) >= 11 is 11.8. The molecule has 0 spiro atoms. The smallest absolute Gasteiger partial charge is 0.261 e. The van der Waals surface area contributed by atoms with Crippen LogP contribution in [-0.4, -0.2) is 44.3 Å². The molecular weight excluding hydrogens is 449 g/mol. The molecule has 160 valence electrons. The number of sulfonamides is 1. The molecule has 2 aromatic rings. The Morgan fingerprint density at radius 3 is 2.37 bits per heavy atom. The minimum absolute atomic E-state index is 0.0336. The van der Waals surface area contributed by atoms with Crippen LogP contribution >= 0.6 is 23.2 Å². The maximum atomic E-state index is 12.8. The predicted octanol–water partition coefficient (Wildman–Crippen LogP) is 3.53. The van der Waals surface area contributed by atoms with E-state index in [1.807, 2.05) is 0 Å². The molecule has 0 atom stereocenters. The van der Waals surface area contributed by atoms with E-state index in [1.165, 1.54) is 31.2 Å². The number of halogens is 2. The Bertz CT molecular complexity index is 1070. The first-order valence-electron chi connectivity index (χ1n) is 9.30. The van der Waals surface area contributed by atoms with Crippen molar-refractivity contribution in [2.45, 2.75) is 30.7 Å². The van der Waals surface area contributed by atoms with E-state index in [-0.39, 0.29) is 38.5 Å². The van der Waals surface area contributed by atoms with Gasteiger partial charge >= 0.3 is 0 Å². The molecule has 1 saturated heterocycles. The molecule has 1 aliphatic rings. The van der Waals surface area contributed by atoms with Crippen LogP contribution in [0.3, 0.4) is 0 Å². The fourth-order valence-electron chi connectivity index (χ4n) is 3.27. The van der Waals surface area contributed by atoms with Gasteiger partial charge in [0.25, 0.3) is 15.9 Å². The van der Waals surface area contributed by atoms with E-state index in [2.05, 4.69) is 10.0 Å². The molecule has 2 N–H and O–H groups in total. The average Bonchev–Trinajstić information content (AvgIpc) is 2.69. The molecule has 30 heavy (non-hydrogen) atoms. The minimum Gasteiger partial charge on any atom is -0.353 e. The third-order valence-electron chi connectivity index (χ3n) is 4.75. The Kier molecular flexibility index (Phi) is 6.90. The number of amides is 2. The number of hydrogen-bond acceptors (Lipinski definition) is 4. The number of nitrogens with one attached hydrogen (secondary N) is 2. The SMILES string of the molecule is CC(=O)NC1CCN(C(=O)c2cccc(NS(=O)(=O)c3ccc(Cl)c(Cl)c3)c2)CC1. The molecule has 1 fully saturated rings. The topological polar surface area (TPSA) is 95.6 Å². The van der Waals surface area contributed by atoms with Crippen LogP contribution in [0.2, 0.25) is 10.0 Å². The summed E-state index contributed by atoms with van der Waals surface area (Å²) in [5.74, 6) is -0.270. The fourth-order valence-corrected chi connectivity index (χ4v) is 4.71. The Labute approximate surface area is 185 Å². The average molecular weight is 470 g/mol. The molecule has 2 aromatic carbocycles. The number of likely N-dealkylation sites (tertiary alicyclic amines) is 1. The summed E-state index contributed by atoms with van der Waals surface area (Å²) < 4.78 is 27.7. The van der Waals surface area contributed by atoms with Gasteiger partial charge in [-0.1, -0.05) is 29.3 Å². The largest absolute Gasteiger partial charge is 0.353 e. The van der Waals surface area contributed by atoms with E-state index < -0.39 is 10.0 Å². The van der Waals surface area contributed by atoms with Gasteiger partial charge in [0.1, 0.15) is 0 Å². The number of rotatable bonds is 5. The summed E-state index contributed by atoms with van der Waals surface area (Å²) in [5, 5.41) is 3.25. The molecule has 7 nitrogen and oxygen atoms in total. The highest BCUT2D eigenvalue weighted by atomic mass is 35.5. The zero-order valence-electron chi connectivity index (χ0n) is 16.2. The van der Waals surface area contributed by atoms with Gasteiger partial charge in [-0.25, -0.2) is 8.42 Å². The van der Waals surface area contributed by atoms with E-state index in [1.54, 1.807) is 23.1 Å². The van der Waals surface area contributed by atoms with Crippen LogP contribution in [0.25, 0.3) is 0 Å². The summed E-state index contributed by atoms with van der Waals surface area (Å²) in [6.45, 7) is 2.51. The molecule has 3 rings (SSSR count). The molecule has 0 aromatic heterocycles. The van der Waals surface area contributed by atoms with Crippen molar-refractivity contribution in [1.29, 1.82) is 0 Å². The van der Waals surface area contributed by atoms with Crippen LogP contribution in [0.15, 0.2) is 47.4 Å². The van der Waals surface area contributed by atoms with E-state index in [0.29, 0.717) is 31.5 Å². The van der Waals surface area contributed by atoms with Gasteiger partial charge in [0.05, 0.1) is 14.9 Å². The van der Waals surface area contributed by atoms with Crippen molar-refractivity contribution in [3.8, 4) is 0 Å². The number of hydrogen-bond donors (Lipinski definition) is 2. The predicted molar refractivity (Wildman–Crippen MR) is 116 cm³/mol.